The van der Waals surface area contributed by atoms with Crippen molar-refractivity contribution in [2.24, 2.45) is 5.16 Å². The zero-order valence-corrected chi connectivity index (χ0v) is 20.6. The van der Waals surface area contributed by atoms with Crippen molar-refractivity contribution in [3.8, 4) is 0 Å². The molecule has 1 aromatic rings. The van der Waals surface area contributed by atoms with Crippen LogP contribution >= 0.6 is 34.9 Å². The number of anilines is 1. The molecule has 2 saturated heterocycles. The first-order chi connectivity index (χ1) is 15.7. The molecule has 33 heavy (non-hydrogen) atoms. The molecule has 0 aromatic carbocycles. The zero-order valence-electron chi connectivity index (χ0n) is 18.1. The van der Waals surface area contributed by atoms with Crippen molar-refractivity contribution in [2.75, 3.05) is 56.8 Å². The van der Waals surface area contributed by atoms with Crippen molar-refractivity contribution >= 4 is 63.5 Å². The van der Waals surface area contributed by atoms with E-state index in [1.165, 1.54) is 23.8 Å². The van der Waals surface area contributed by atoms with Crippen LogP contribution in [0.1, 0.15) is 5.69 Å². The van der Waals surface area contributed by atoms with Crippen molar-refractivity contribution in [3.05, 3.63) is 22.3 Å². The largest absolute Gasteiger partial charge is 0.543 e. The number of fused-ring (bicyclic) bond motifs is 1. The van der Waals surface area contributed by atoms with Crippen molar-refractivity contribution in [1.82, 2.24) is 15.2 Å². The highest BCUT2D eigenvalue weighted by atomic mass is 32.2. The quantitative estimate of drug-likeness (QED) is 0.196. The molecule has 0 spiro atoms. The van der Waals surface area contributed by atoms with Gasteiger partial charge < -0.3 is 30.3 Å². The number of oxime groups is 1. The van der Waals surface area contributed by atoms with Crippen LogP contribution in [0.5, 0.6) is 0 Å². The summed E-state index contributed by atoms with van der Waals surface area (Å²) >= 11 is 4.46. The number of quaternary nitrogens is 1. The first-order valence-electron chi connectivity index (χ1n) is 10.2. The lowest BCUT2D eigenvalue weighted by Gasteiger charge is -2.51. The van der Waals surface area contributed by atoms with E-state index in [-0.39, 0.29) is 22.2 Å². The number of nitrogens with zero attached hydrogens (tertiary/aromatic N) is 4. The van der Waals surface area contributed by atoms with Crippen LogP contribution in [-0.2, 0) is 19.2 Å². The molecule has 0 radical (unpaired) electrons. The number of carboxylic acids is 1. The molecule has 14 heteroatoms. The summed E-state index contributed by atoms with van der Waals surface area (Å²) in [6.07, 6.45) is 0. The number of nitrogens with two attached hydrogens (primary N) is 1. The topological polar surface area (TPSA) is 150 Å². The first kappa shape index (κ1) is 23.9. The summed E-state index contributed by atoms with van der Waals surface area (Å²) in [5.74, 6) is -0.0313. The second-order valence-corrected chi connectivity index (χ2v) is 11.4. The maximum absolute atomic E-state index is 12.9. The average molecular weight is 513 g/mol. The summed E-state index contributed by atoms with van der Waals surface area (Å²) in [6, 6.07) is -0.896. The Morgan fingerprint density at radius 1 is 1.42 bits per heavy atom. The highest BCUT2D eigenvalue weighted by molar-refractivity contribution is 8.00. The van der Waals surface area contributed by atoms with Crippen LogP contribution in [0, 0.1) is 0 Å². The molecule has 2 fully saturated rings. The maximum atomic E-state index is 12.9. The number of β-lactam (4-membered cyclic amide) rings is 1. The number of hydrogen-bond acceptors (Lipinski definition) is 11. The van der Waals surface area contributed by atoms with Gasteiger partial charge in [0.05, 0.1) is 31.8 Å². The third kappa shape index (κ3) is 4.69. The number of rotatable bonds is 7. The van der Waals surface area contributed by atoms with E-state index in [9.17, 15) is 19.5 Å². The number of carbonyl (C=O) groups excluding carboxylic acids is 3. The van der Waals surface area contributed by atoms with Crippen LogP contribution in [0.25, 0.3) is 0 Å². The van der Waals surface area contributed by atoms with E-state index in [0.717, 1.165) is 40.4 Å². The average Bonchev–Trinajstić information content (AvgIpc) is 3.21. The zero-order chi connectivity index (χ0) is 23.8. The highest BCUT2D eigenvalue weighted by Gasteiger charge is 2.53. The number of nitrogen functional groups attached to an aromatic ring is 1. The summed E-state index contributed by atoms with van der Waals surface area (Å²) in [5, 5.41) is 19.7. The SMILES string of the molecule is CO/N=C(\C(=O)NC1C(=O)N2C(C(=O)[O-])=C(C[N+]3(C)CCSCC3)CS[C@H]12)c1csc(N)n1. The second-order valence-electron chi connectivity index (χ2n) is 8.13. The van der Waals surface area contributed by atoms with Gasteiger partial charge in [0.15, 0.2) is 10.8 Å². The Labute approximate surface area is 203 Å². The Hall–Kier alpha value is -2.29. The lowest BCUT2D eigenvalue weighted by atomic mass is 10.0. The molecule has 4 rings (SSSR count). The first-order valence-corrected chi connectivity index (χ1v) is 13.2. The van der Waals surface area contributed by atoms with Gasteiger partial charge in [-0.25, -0.2) is 4.98 Å². The minimum Gasteiger partial charge on any atom is -0.543 e. The third-order valence-electron chi connectivity index (χ3n) is 5.81. The highest BCUT2D eigenvalue weighted by Crippen LogP contribution is 2.41. The number of thioether (sulfide) groups is 2. The van der Waals surface area contributed by atoms with Crippen LogP contribution in [-0.4, -0.2) is 100 Å². The molecule has 2 amide bonds. The molecule has 1 unspecified atom stereocenters. The summed E-state index contributed by atoms with van der Waals surface area (Å²) < 4.78 is 0.736. The van der Waals surface area contributed by atoms with Gasteiger partial charge >= 0.3 is 0 Å². The third-order valence-corrected chi connectivity index (χ3v) is 8.77. The molecule has 3 N–H and O–H groups in total. The number of aromatic nitrogens is 1. The molecule has 178 valence electrons. The second kappa shape index (κ2) is 9.52. The van der Waals surface area contributed by atoms with E-state index in [1.54, 1.807) is 5.38 Å². The predicted octanol–water partition coefficient (Wildman–Crippen LogP) is -1.33. The fraction of sp³-hybridized carbons (Fsp3) is 0.526. The van der Waals surface area contributed by atoms with Crippen LogP contribution in [0.2, 0.25) is 0 Å². The van der Waals surface area contributed by atoms with Gasteiger partial charge in [0.25, 0.3) is 11.8 Å². The Bertz CT molecular complexity index is 1030. The number of thiazole rings is 1. The summed E-state index contributed by atoms with van der Waals surface area (Å²) in [4.78, 5) is 47.8. The summed E-state index contributed by atoms with van der Waals surface area (Å²) in [6.45, 7) is 2.44. The number of amides is 2. The van der Waals surface area contributed by atoms with E-state index < -0.39 is 29.2 Å². The number of nitrogens with one attached hydrogen (secondary N) is 1. The molecular formula is C19H24N6O5S3. The van der Waals surface area contributed by atoms with Gasteiger partial charge in [0, 0.05) is 28.2 Å². The maximum Gasteiger partial charge on any atom is 0.276 e. The van der Waals surface area contributed by atoms with Crippen molar-refractivity contribution in [2.45, 2.75) is 11.4 Å². The smallest absolute Gasteiger partial charge is 0.276 e. The van der Waals surface area contributed by atoms with E-state index in [2.05, 4.69) is 22.5 Å². The monoisotopic (exact) mass is 512 g/mol. The summed E-state index contributed by atoms with van der Waals surface area (Å²) in [7, 11) is 3.40. The lowest BCUT2D eigenvalue weighted by Crippen LogP contribution is -2.72. The van der Waals surface area contributed by atoms with Gasteiger partial charge in [-0.15, -0.1) is 23.1 Å². The minimum absolute atomic E-state index is 0.0649. The fourth-order valence-electron chi connectivity index (χ4n) is 4.10. The molecule has 2 atom stereocenters. The van der Waals surface area contributed by atoms with Gasteiger partial charge in [-0.1, -0.05) is 5.16 Å². The van der Waals surface area contributed by atoms with Gasteiger partial charge in [0.2, 0.25) is 0 Å². The van der Waals surface area contributed by atoms with E-state index in [4.69, 9.17) is 10.6 Å². The Morgan fingerprint density at radius 2 is 2.15 bits per heavy atom. The van der Waals surface area contributed by atoms with Gasteiger partial charge in [0.1, 0.15) is 30.8 Å². The van der Waals surface area contributed by atoms with E-state index in [1.807, 2.05) is 11.8 Å². The fourth-order valence-corrected chi connectivity index (χ4v) is 7.32. The Morgan fingerprint density at radius 3 is 2.76 bits per heavy atom. The number of carbonyl (C=O) groups is 3. The van der Waals surface area contributed by atoms with Crippen LogP contribution in [0.15, 0.2) is 21.8 Å². The number of carboxylic acid groups (broad SMARTS) is 1. The Balaban J connectivity index is 1.51. The minimum atomic E-state index is -1.37. The molecule has 0 bridgehead atoms. The van der Waals surface area contributed by atoms with Crippen molar-refractivity contribution in [3.63, 3.8) is 0 Å². The van der Waals surface area contributed by atoms with E-state index >= 15 is 0 Å². The van der Waals surface area contributed by atoms with Gasteiger partial charge in [-0.3, -0.25) is 14.5 Å². The van der Waals surface area contributed by atoms with Crippen molar-refractivity contribution < 1.29 is 28.8 Å². The number of likely N-dealkylation sites (N-methyl/N-ethyl adjacent to an activating group) is 1. The van der Waals surface area contributed by atoms with Crippen LogP contribution in [0.3, 0.4) is 0 Å². The van der Waals surface area contributed by atoms with Crippen LogP contribution < -0.4 is 16.2 Å². The van der Waals surface area contributed by atoms with Gasteiger partial charge in [-0.2, -0.15) is 11.8 Å². The molecular weight excluding hydrogens is 488 g/mol. The molecule has 3 aliphatic heterocycles. The molecule has 1 aromatic heterocycles. The standard InChI is InChI=1S/C19H24N6O5S3/c1-25(3-5-31-6-4-25)7-10-8-32-17-13(16(27)24(17)14(10)18(28)29)22-15(26)12(23-30-2)11-9-33-19(20)21-11/h9,13,17H,3-8H2,1-2H3,(H3-,20,21,22,26,28,29)/b23-12-/t13?,17-/m1/s1. The van der Waals surface area contributed by atoms with Crippen molar-refractivity contribution in [1.29, 1.82) is 0 Å². The number of hydrogen-bond donors (Lipinski definition) is 2. The lowest BCUT2D eigenvalue weighted by molar-refractivity contribution is -0.901. The van der Waals surface area contributed by atoms with Gasteiger partial charge in [-0.05, 0) is 0 Å². The molecule has 0 aliphatic carbocycles. The molecule has 3 aliphatic rings. The molecule has 11 nitrogen and oxygen atoms in total. The number of aliphatic carboxylic acids is 1. The van der Waals surface area contributed by atoms with Crippen LogP contribution in [0.4, 0.5) is 5.13 Å². The molecule has 4 heterocycles. The normalized spacial score (nSPS) is 24.7. The predicted molar refractivity (Wildman–Crippen MR) is 125 cm³/mol. The Kier molecular flexibility index (Phi) is 6.88. The van der Waals surface area contributed by atoms with E-state index in [0.29, 0.717) is 17.9 Å². The molecule has 0 saturated carbocycles. The summed E-state index contributed by atoms with van der Waals surface area (Å²) in [5.41, 5.74) is 6.38.